The van der Waals surface area contributed by atoms with E-state index in [1.807, 2.05) is 41.1 Å². The summed E-state index contributed by atoms with van der Waals surface area (Å²) in [5.41, 5.74) is 6.42. The highest BCUT2D eigenvalue weighted by Gasteiger charge is 2.51. The van der Waals surface area contributed by atoms with Crippen molar-refractivity contribution in [2.45, 2.75) is 59.9 Å². The molecule has 3 aromatic rings. The third-order valence-electron chi connectivity index (χ3n) is 7.41. The fourth-order valence-corrected chi connectivity index (χ4v) is 6.19. The Morgan fingerprint density at radius 2 is 1.72 bits per heavy atom. The number of fused-ring (bicyclic) bond motifs is 2. The van der Waals surface area contributed by atoms with Gasteiger partial charge in [0, 0.05) is 18.2 Å². The van der Waals surface area contributed by atoms with Crippen molar-refractivity contribution in [3.8, 4) is 16.9 Å². The van der Waals surface area contributed by atoms with Gasteiger partial charge < -0.3 is 4.90 Å². The Morgan fingerprint density at radius 1 is 0.969 bits per heavy atom. The molecule has 166 valence electrons. The lowest BCUT2D eigenvalue weighted by atomic mass is 9.65. The zero-order chi connectivity index (χ0) is 22.7. The molecule has 5 rings (SSSR count). The fraction of sp³-hybridized carbons (Fsp3) is 0.429. The van der Waals surface area contributed by atoms with E-state index in [1.54, 1.807) is 0 Å². The van der Waals surface area contributed by atoms with Crippen molar-refractivity contribution in [2.75, 3.05) is 6.54 Å². The summed E-state index contributed by atoms with van der Waals surface area (Å²) < 4.78 is 1.84. The lowest BCUT2D eigenvalue weighted by Crippen LogP contribution is -2.38. The van der Waals surface area contributed by atoms with Crippen LogP contribution in [0.1, 0.15) is 61.6 Å². The summed E-state index contributed by atoms with van der Waals surface area (Å²) in [6.07, 6.45) is 3.34. The Labute approximate surface area is 191 Å². The monoisotopic (exact) mass is 427 g/mol. The Balaban J connectivity index is 1.58. The van der Waals surface area contributed by atoms with Crippen LogP contribution >= 0.6 is 0 Å². The van der Waals surface area contributed by atoms with Gasteiger partial charge in [0.05, 0.1) is 11.4 Å². The lowest BCUT2D eigenvalue weighted by molar-refractivity contribution is 0.0699. The van der Waals surface area contributed by atoms with Crippen LogP contribution in [0.15, 0.2) is 54.6 Å². The van der Waals surface area contributed by atoms with E-state index in [0.717, 1.165) is 36.3 Å². The molecule has 2 atom stereocenters. The van der Waals surface area contributed by atoms with Crippen LogP contribution in [0.25, 0.3) is 16.9 Å². The zero-order valence-corrected chi connectivity index (χ0v) is 19.9. The molecule has 1 saturated carbocycles. The minimum atomic E-state index is 0.0999. The number of likely N-dealkylation sites (tertiary alicyclic amines) is 1. The minimum absolute atomic E-state index is 0.0999. The van der Waals surface area contributed by atoms with E-state index in [-0.39, 0.29) is 16.7 Å². The number of carbonyl (C=O) groups excluding carboxylic acids is 1. The summed E-state index contributed by atoms with van der Waals surface area (Å²) in [6, 6.07) is 18.7. The molecule has 2 heterocycles. The molecule has 4 nitrogen and oxygen atoms in total. The van der Waals surface area contributed by atoms with Crippen LogP contribution in [0.4, 0.5) is 0 Å². The van der Waals surface area contributed by atoms with Crippen LogP contribution in [0, 0.1) is 24.7 Å². The van der Waals surface area contributed by atoms with Gasteiger partial charge in [-0.25, -0.2) is 4.68 Å². The van der Waals surface area contributed by atoms with Crippen LogP contribution in [0.2, 0.25) is 0 Å². The van der Waals surface area contributed by atoms with Crippen molar-refractivity contribution in [1.29, 1.82) is 0 Å². The van der Waals surface area contributed by atoms with Gasteiger partial charge in [-0.3, -0.25) is 4.79 Å². The molecule has 1 amide bonds. The fourth-order valence-electron chi connectivity index (χ4n) is 6.19. The van der Waals surface area contributed by atoms with Gasteiger partial charge in [-0.15, -0.1) is 0 Å². The van der Waals surface area contributed by atoms with Gasteiger partial charge in [0.15, 0.2) is 0 Å². The number of para-hydroxylation sites is 1. The number of aryl methyl sites for hydroxylation is 2. The first kappa shape index (κ1) is 21.0. The van der Waals surface area contributed by atoms with E-state index >= 15 is 0 Å². The highest BCUT2D eigenvalue weighted by Crippen LogP contribution is 2.52. The summed E-state index contributed by atoms with van der Waals surface area (Å²) in [4.78, 5) is 16.1. The first-order valence-electron chi connectivity index (χ1n) is 11.7. The number of aromatic nitrogens is 2. The second-order valence-corrected chi connectivity index (χ2v) is 11.1. The molecular weight excluding hydrogens is 394 g/mol. The molecule has 4 heteroatoms. The van der Waals surface area contributed by atoms with E-state index in [1.165, 1.54) is 17.5 Å². The Kier molecular flexibility index (Phi) is 4.81. The predicted molar refractivity (Wildman–Crippen MR) is 129 cm³/mol. The molecule has 1 aromatic heterocycles. The third-order valence-corrected chi connectivity index (χ3v) is 7.41. The maximum atomic E-state index is 14.0. The summed E-state index contributed by atoms with van der Waals surface area (Å²) in [6.45, 7) is 12.1. The molecule has 2 aliphatic rings. The van der Waals surface area contributed by atoms with Crippen molar-refractivity contribution < 1.29 is 4.79 Å². The summed E-state index contributed by atoms with van der Waals surface area (Å²) >= 11 is 0. The second-order valence-electron chi connectivity index (χ2n) is 11.1. The quantitative estimate of drug-likeness (QED) is 0.499. The van der Waals surface area contributed by atoms with E-state index in [4.69, 9.17) is 5.10 Å². The second kappa shape index (κ2) is 7.33. The van der Waals surface area contributed by atoms with Crippen molar-refractivity contribution in [1.82, 2.24) is 14.7 Å². The van der Waals surface area contributed by atoms with Crippen LogP contribution < -0.4 is 0 Å². The van der Waals surface area contributed by atoms with Gasteiger partial charge >= 0.3 is 0 Å². The molecule has 0 unspecified atom stereocenters. The van der Waals surface area contributed by atoms with E-state index in [9.17, 15) is 4.79 Å². The van der Waals surface area contributed by atoms with Gasteiger partial charge in [0.25, 0.3) is 5.91 Å². The van der Waals surface area contributed by atoms with Crippen molar-refractivity contribution >= 4 is 5.91 Å². The minimum Gasteiger partial charge on any atom is -0.334 e. The van der Waals surface area contributed by atoms with Gasteiger partial charge in [-0.2, -0.15) is 5.10 Å². The first-order chi connectivity index (χ1) is 15.1. The van der Waals surface area contributed by atoms with E-state index < -0.39 is 0 Å². The summed E-state index contributed by atoms with van der Waals surface area (Å²) in [5, 5.41) is 4.91. The molecule has 2 fully saturated rings. The highest BCUT2D eigenvalue weighted by atomic mass is 16.2. The Morgan fingerprint density at radius 3 is 2.44 bits per heavy atom. The molecule has 2 bridgehead atoms. The van der Waals surface area contributed by atoms with Crippen LogP contribution in [-0.4, -0.2) is 33.2 Å². The normalized spacial score (nSPS) is 24.0. The van der Waals surface area contributed by atoms with E-state index in [0.29, 0.717) is 11.7 Å². The van der Waals surface area contributed by atoms with Crippen LogP contribution in [-0.2, 0) is 0 Å². The third kappa shape index (κ3) is 3.66. The number of hydrogen-bond acceptors (Lipinski definition) is 2. The maximum Gasteiger partial charge on any atom is 0.272 e. The van der Waals surface area contributed by atoms with Crippen molar-refractivity contribution in [3.05, 3.63) is 71.4 Å². The van der Waals surface area contributed by atoms with Gasteiger partial charge in [-0.05, 0) is 79.3 Å². The SMILES string of the molecule is Cc1ccc(-c2cc(C(=O)N3C[C@@]4(C)C[C@@H]3CC(C)(C)C4)n(-c3ccccc3)n2)cc1C. The standard InChI is InChI=1S/C28H33N3O/c1-19-11-12-21(13-20(19)2)24-14-25(31(29-24)22-9-7-6-8-10-22)26(32)30-18-28(5)16-23(30)15-27(3,4)17-28/h6-14,23H,15-18H2,1-5H3/t23-,28-/m0/s1. The molecule has 32 heavy (non-hydrogen) atoms. The van der Waals surface area contributed by atoms with Gasteiger partial charge in [0.2, 0.25) is 0 Å². The van der Waals surface area contributed by atoms with Crippen LogP contribution in [0.3, 0.4) is 0 Å². The number of nitrogens with zero attached hydrogens (tertiary/aromatic N) is 3. The largest absolute Gasteiger partial charge is 0.334 e. The lowest BCUT2D eigenvalue weighted by Gasteiger charge is -2.39. The number of rotatable bonds is 3. The molecular formula is C28H33N3O. The van der Waals surface area contributed by atoms with Crippen molar-refractivity contribution in [3.63, 3.8) is 0 Å². The molecule has 1 saturated heterocycles. The highest BCUT2D eigenvalue weighted by molar-refractivity contribution is 5.95. The Hall–Kier alpha value is -2.88. The molecule has 0 radical (unpaired) electrons. The molecule has 0 N–H and O–H groups in total. The summed E-state index contributed by atoms with van der Waals surface area (Å²) in [5.74, 6) is 0.0999. The first-order valence-corrected chi connectivity index (χ1v) is 11.7. The van der Waals surface area contributed by atoms with Crippen LogP contribution in [0.5, 0.6) is 0 Å². The average molecular weight is 428 g/mol. The maximum absolute atomic E-state index is 14.0. The number of hydrogen-bond donors (Lipinski definition) is 0. The predicted octanol–water partition coefficient (Wildman–Crippen LogP) is 6.20. The number of benzene rings is 2. The molecule has 1 aliphatic heterocycles. The van der Waals surface area contributed by atoms with Gasteiger partial charge in [-0.1, -0.05) is 51.1 Å². The smallest absolute Gasteiger partial charge is 0.272 e. The molecule has 0 spiro atoms. The topological polar surface area (TPSA) is 38.1 Å². The van der Waals surface area contributed by atoms with Gasteiger partial charge in [0.1, 0.15) is 5.69 Å². The Bertz CT molecular complexity index is 1180. The number of carbonyl (C=O) groups is 1. The number of amides is 1. The average Bonchev–Trinajstić information content (AvgIpc) is 3.28. The zero-order valence-electron chi connectivity index (χ0n) is 19.9. The molecule has 2 aromatic carbocycles. The summed E-state index contributed by atoms with van der Waals surface area (Å²) in [7, 11) is 0. The van der Waals surface area contributed by atoms with E-state index in [2.05, 4.69) is 57.7 Å². The van der Waals surface area contributed by atoms with Crippen molar-refractivity contribution in [2.24, 2.45) is 10.8 Å². The molecule has 1 aliphatic carbocycles.